The summed E-state index contributed by atoms with van der Waals surface area (Å²) < 4.78 is 0. The Kier molecular flexibility index (Phi) is 7.51. The monoisotopic (exact) mass is 562 g/mol. The van der Waals surface area contributed by atoms with Crippen molar-refractivity contribution in [3.8, 4) is 66.8 Å². The van der Waals surface area contributed by atoms with Crippen molar-refractivity contribution in [1.82, 2.24) is 0 Å². The quantitative estimate of drug-likeness (QED) is 0.177. The van der Waals surface area contributed by atoms with Gasteiger partial charge in [0.05, 0.1) is 0 Å². The zero-order valence-electron chi connectivity index (χ0n) is 24.2. The molecule has 0 aromatic heterocycles. The van der Waals surface area contributed by atoms with Gasteiger partial charge in [-0.25, -0.2) is 0 Å². The molecular formula is C43H30O. The fourth-order valence-electron chi connectivity index (χ4n) is 6.23. The van der Waals surface area contributed by atoms with Crippen molar-refractivity contribution in [3.05, 3.63) is 181 Å². The molecule has 0 fully saturated rings. The maximum absolute atomic E-state index is 11.7. The molecular weight excluding hydrogens is 532 g/mol. The van der Waals surface area contributed by atoms with Crippen LogP contribution in [0, 0.1) is 0 Å². The molecule has 0 aliphatic rings. The van der Waals surface area contributed by atoms with E-state index in [1.165, 1.54) is 16.7 Å². The third-order valence-corrected chi connectivity index (χ3v) is 8.15. The molecule has 0 saturated heterocycles. The largest absolute Gasteiger partial charge is 0.298 e. The van der Waals surface area contributed by atoms with Crippen LogP contribution in [0.5, 0.6) is 0 Å². The maximum Gasteiger partial charge on any atom is 0.150 e. The van der Waals surface area contributed by atoms with Crippen molar-refractivity contribution in [2.75, 3.05) is 0 Å². The molecule has 0 radical (unpaired) electrons. The molecule has 7 aromatic carbocycles. The second-order valence-electron chi connectivity index (χ2n) is 10.8. The first-order valence-electron chi connectivity index (χ1n) is 14.9. The predicted octanol–water partition coefficient (Wildman–Crippen LogP) is 11.5. The molecule has 0 amide bonds. The van der Waals surface area contributed by atoms with E-state index in [4.69, 9.17) is 0 Å². The Morgan fingerprint density at radius 2 is 0.455 bits per heavy atom. The Labute approximate surface area is 258 Å². The van der Waals surface area contributed by atoms with Crippen LogP contribution in [0.25, 0.3) is 66.8 Å². The number of aldehydes is 1. The van der Waals surface area contributed by atoms with Crippen LogP contribution in [-0.2, 0) is 0 Å². The number of hydrogen-bond acceptors (Lipinski definition) is 1. The molecule has 0 heterocycles. The first-order chi connectivity index (χ1) is 21.8. The summed E-state index contributed by atoms with van der Waals surface area (Å²) in [5.41, 5.74) is 14.4. The summed E-state index contributed by atoms with van der Waals surface area (Å²) in [4.78, 5) is 11.7. The van der Waals surface area contributed by atoms with Crippen molar-refractivity contribution in [2.45, 2.75) is 0 Å². The van der Waals surface area contributed by atoms with Crippen LogP contribution in [0.3, 0.4) is 0 Å². The minimum atomic E-state index is 0.656. The number of benzene rings is 7. The highest BCUT2D eigenvalue weighted by Crippen LogP contribution is 2.55. The van der Waals surface area contributed by atoms with Gasteiger partial charge in [0, 0.05) is 5.56 Å². The SMILES string of the molecule is O=Cc1ccc(-c2c(-c3ccccc3)c(-c3ccccc3)c(-c3ccccc3)c(-c3ccccc3)c2-c2ccccc2)cc1. The average Bonchev–Trinajstić information content (AvgIpc) is 3.12. The summed E-state index contributed by atoms with van der Waals surface area (Å²) in [6.45, 7) is 0. The first-order valence-corrected chi connectivity index (χ1v) is 14.9. The van der Waals surface area contributed by atoms with E-state index >= 15 is 0 Å². The molecule has 7 aromatic rings. The molecule has 0 N–H and O–H groups in total. The Balaban J connectivity index is 1.80. The normalized spacial score (nSPS) is 10.8. The smallest absolute Gasteiger partial charge is 0.150 e. The first kappa shape index (κ1) is 27.1. The second kappa shape index (κ2) is 12.2. The zero-order valence-corrected chi connectivity index (χ0v) is 24.2. The summed E-state index contributed by atoms with van der Waals surface area (Å²) in [5.74, 6) is 0. The molecule has 0 aliphatic heterocycles. The Morgan fingerprint density at radius 3 is 0.659 bits per heavy atom. The van der Waals surface area contributed by atoms with Crippen LogP contribution in [0.4, 0.5) is 0 Å². The Morgan fingerprint density at radius 1 is 0.250 bits per heavy atom. The van der Waals surface area contributed by atoms with E-state index in [2.05, 4.69) is 164 Å². The summed E-state index contributed by atoms with van der Waals surface area (Å²) in [7, 11) is 0. The summed E-state index contributed by atoms with van der Waals surface area (Å²) in [5, 5.41) is 0. The number of rotatable bonds is 7. The van der Waals surface area contributed by atoms with E-state index in [9.17, 15) is 4.79 Å². The van der Waals surface area contributed by atoms with Crippen LogP contribution in [0.15, 0.2) is 176 Å². The van der Waals surface area contributed by atoms with E-state index in [0.717, 1.165) is 56.4 Å². The van der Waals surface area contributed by atoms with Gasteiger partial charge in [-0.15, -0.1) is 0 Å². The van der Waals surface area contributed by atoms with Crippen molar-refractivity contribution >= 4 is 6.29 Å². The standard InChI is InChI=1S/C43H30O/c44-30-31-26-28-37(29-27-31)43-41(35-22-12-4-13-23-35)39(33-18-8-2-9-19-33)38(32-16-6-1-7-17-32)40(34-20-10-3-11-21-34)42(43)36-24-14-5-15-25-36/h1-30H. The van der Waals surface area contributed by atoms with Crippen LogP contribution in [0.2, 0.25) is 0 Å². The molecule has 1 heteroatoms. The number of carbonyl (C=O) groups is 1. The van der Waals surface area contributed by atoms with Crippen molar-refractivity contribution in [2.24, 2.45) is 0 Å². The van der Waals surface area contributed by atoms with Gasteiger partial charge in [0.2, 0.25) is 0 Å². The van der Waals surface area contributed by atoms with Gasteiger partial charge in [0.15, 0.2) is 0 Å². The minimum absolute atomic E-state index is 0.656. The van der Waals surface area contributed by atoms with Crippen molar-refractivity contribution in [1.29, 1.82) is 0 Å². The molecule has 0 saturated carbocycles. The highest BCUT2D eigenvalue weighted by Gasteiger charge is 2.28. The lowest BCUT2D eigenvalue weighted by molar-refractivity contribution is 0.112. The third kappa shape index (κ3) is 5.06. The van der Waals surface area contributed by atoms with E-state index < -0.39 is 0 Å². The van der Waals surface area contributed by atoms with E-state index in [0.29, 0.717) is 5.56 Å². The zero-order chi connectivity index (χ0) is 29.7. The lowest BCUT2D eigenvalue weighted by Crippen LogP contribution is -2.02. The van der Waals surface area contributed by atoms with E-state index in [1.807, 2.05) is 12.1 Å². The van der Waals surface area contributed by atoms with Crippen LogP contribution < -0.4 is 0 Å². The molecule has 208 valence electrons. The molecule has 0 spiro atoms. The highest BCUT2D eigenvalue weighted by atomic mass is 16.1. The average molecular weight is 563 g/mol. The fraction of sp³-hybridized carbons (Fsp3) is 0. The van der Waals surface area contributed by atoms with E-state index in [1.54, 1.807) is 0 Å². The lowest BCUT2D eigenvalue weighted by atomic mass is 9.74. The molecule has 0 atom stereocenters. The van der Waals surface area contributed by atoms with Gasteiger partial charge in [-0.05, 0) is 66.8 Å². The number of hydrogen-bond donors (Lipinski definition) is 0. The van der Waals surface area contributed by atoms with Gasteiger partial charge >= 0.3 is 0 Å². The minimum Gasteiger partial charge on any atom is -0.298 e. The van der Waals surface area contributed by atoms with Crippen LogP contribution >= 0.6 is 0 Å². The molecule has 0 aliphatic carbocycles. The van der Waals surface area contributed by atoms with Crippen molar-refractivity contribution in [3.63, 3.8) is 0 Å². The molecule has 0 bridgehead atoms. The van der Waals surface area contributed by atoms with Gasteiger partial charge in [0.1, 0.15) is 6.29 Å². The topological polar surface area (TPSA) is 17.1 Å². The van der Waals surface area contributed by atoms with E-state index in [-0.39, 0.29) is 0 Å². The Hall–Kier alpha value is -5.79. The predicted molar refractivity (Wildman–Crippen MR) is 184 cm³/mol. The van der Waals surface area contributed by atoms with Gasteiger partial charge < -0.3 is 0 Å². The van der Waals surface area contributed by atoms with Gasteiger partial charge in [-0.2, -0.15) is 0 Å². The van der Waals surface area contributed by atoms with Gasteiger partial charge in [-0.1, -0.05) is 176 Å². The molecule has 44 heavy (non-hydrogen) atoms. The van der Waals surface area contributed by atoms with Crippen LogP contribution in [-0.4, -0.2) is 6.29 Å². The Bertz CT molecular complexity index is 1910. The van der Waals surface area contributed by atoms with Crippen LogP contribution in [0.1, 0.15) is 10.4 Å². The van der Waals surface area contributed by atoms with Gasteiger partial charge in [-0.3, -0.25) is 4.79 Å². The second-order valence-corrected chi connectivity index (χ2v) is 10.8. The summed E-state index contributed by atoms with van der Waals surface area (Å²) in [6.07, 6.45) is 0.906. The maximum atomic E-state index is 11.7. The third-order valence-electron chi connectivity index (χ3n) is 8.15. The number of carbonyl (C=O) groups excluding carboxylic acids is 1. The molecule has 7 rings (SSSR count). The summed E-state index contributed by atoms with van der Waals surface area (Å²) >= 11 is 0. The fourth-order valence-corrected chi connectivity index (χ4v) is 6.23. The van der Waals surface area contributed by atoms with Gasteiger partial charge in [0.25, 0.3) is 0 Å². The molecule has 1 nitrogen and oxygen atoms in total. The summed E-state index contributed by atoms with van der Waals surface area (Å²) in [6, 6.07) is 61.6. The highest BCUT2D eigenvalue weighted by molar-refractivity contribution is 6.15. The lowest BCUT2D eigenvalue weighted by Gasteiger charge is -2.28. The van der Waals surface area contributed by atoms with Crippen molar-refractivity contribution < 1.29 is 4.79 Å². The molecule has 0 unspecified atom stereocenters.